The first-order valence-electron chi connectivity index (χ1n) is 8.07. The minimum absolute atomic E-state index is 0.00135. The van der Waals surface area contributed by atoms with Crippen molar-refractivity contribution in [2.75, 3.05) is 26.2 Å². The Balaban J connectivity index is 1.85. The van der Waals surface area contributed by atoms with Crippen molar-refractivity contribution in [2.24, 2.45) is 7.05 Å². The van der Waals surface area contributed by atoms with Gasteiger partial charge in [0, 0.05) is 39.4 Å². The highest BCUT2D eigenvalue weighted by Crippen LogP contribution is 2.25. The molecule has 1 aliphatic rings. The summed E-state index contributed by atoms with van der Waals surface area (Å²) in [4.78, 5) is -1.02. The van der Waals surface area contributed by atoms with Crippen molar-refractivity contribution in [3.05, 3.63) is 42.2 Å². The lowest BCUT2D eigenvalue weighted by Crippen LogP contribution is -2.37. The highest BCUT2D eigenvalue weighted by Gasteiger charge is 2.34. The Morgan fingerprint density at radius 1 is 0.926 bits per heavy atom. The summed E-state index contributed by atoms with van der Waals surface area (Å²) >= 11 is 0. The van der Waals surface area contributed by atoms with E-state index in [-0.39, 0.29) is 37.5 Å². The number of aromatic nitrogens is 2. The van der Waals surface area contributed by atoms with Crippen LogP contribution >= 0.6 is 0 Å². The van der Waals surface area contributed by atoms with E-state index in [1.165, 1.54) is 17.1 Å². The van der Waals surface area contributed by atoms with Crippen molar-refractivity contribution in [2.45, 2.75) is 16.2 Å². The molecule has 0 amide bonds. The van der Waals surface area contributed by atoms with E-state index in [4.69, 9.17) is 0 Å². The fourth-order valence-corrected chi connectivity index (χ4v) is 5.92. The second-order valence-corrected chi connectivity index (χ2v) is 9.87. The molecule has 3 rings (SSSR count). The third-order valence-corrected chi connectivity index (χ3v) is 8.05. The zero-order valence-corrected chi connectivity index (χ0v) is 16.0. The lowest BCUT2D eigenvalue weighted by molar-refractivity contribution is 0.399. The first-order valence-corrected chi connectivity index (χ1v) is 10.9. The molecule has 1 fully saturated rings. The van der Waals surface area contributed by atoms with Gasteiger partial charge in [-0.25, -0.2) is 25.6 Å². The van der Waals surface area contributed by atoms with E-state index in [1.807, 2.05) is 0 Å². The Morgan fingerprint density at radius 3 is 2.00 bits per heavy atom. The Bertz CT molecular complexity index is 1030. The van der Waals surface area contributed by atoms with Gasteiger partial charge in [0.05, 0.1) is 6.20 Å². The molecule has 1 aromatic carbocycles. The highest BCUT2D eigenvalue weighted by molar-refractivity contribution is 7.89. The Labute approximate surface area is 156 Å². The van der Waals surface area contributed by atoms with Gasteiger partial charge < -0.3 is 0 Å². The van der Waals surface area contributed by atoms with Crippen molar-refractivity contribution in [1.82, 2.24) is 18.4 Å². The maximum atomic E-state index is 13.9. The van der Waals surface area contributed by atoms with Crippen LogP contribution in [0.5, 0.6) is 0 Å². The van der Waals surface area contributed by atoms with E-state index in [2.05, 4.69) is 5.10 Å². The van der Waals surface area contributed by atoms with Crippen molar-refractivity contribution >= 4 is 20.0 Å². The predicted molar refractivity (Wildman–Crippen MR) is 91.7 cm³/mol. The topological polar surface area (TPSA) is 92.6 Å². The fourth-order valence-electron chi connectivity index (χ4n) is 2.89. The van der Waals surface area contributed by atoms with Gasteiger partial charge in [0.2, 0.25) is 20.0 Å². The molecule has 2 aromatic rings. The molecule has 1 saturated heterocycles. The van der Waals surface area contributed by atoms with Crippen LogP contribution in [0.2, 0.25) is 0 Å². The molecule has 1 aromatic heterocycles. The minimum atomic E-state index is -4.43. The molecule has 0 N–H and O–H groups in total. The van der Waals surface area contributed by atoms with Crippen LogP contribution in [0.25, 0.3) is 0 Å². The molecule has 2 heterocycles. The smallest absolute Gasteiger partial charge is 0.248 e. The zero-order valence-electron chi connectivity index (χ0n) is 14.4. The van der Waals surface area contributed by atoms with Crippen molar-refractivity contribution in [3.8, 4) is 0 Å². The molecule has 27 heavy (non-hydrogen) atoms. The molecule has 0 spiro atoms. The average molecular weight is 420 g/mol. The summed E-state index contributed by atoms with van der Waals surface area (Å²) in [5, 5.41) is 3.84. The number of hydrogen-bond acceptors (Lipinski definition) is 5. The SMILES string of the molecule is Cn1cc(S(=O)(=O)N2CCCN(S(=O)(=O)c3c(F)cccc3F)CC2)cn1. The molecule has 8 nitrogen and oxygen atoms in total. The molecule has 148 valence electrons. The number of sulfonamides is 2. The van der Waals surface area contributed by atoms with Gasteiger partial charge in [-0.05, 0) is 18.6 Å². The number of nitrogens with zero attached hydrogens (tertiary/aromatic N) is 4. The summed E-state index contributed by atoms with van der Waals surface area (Å²) in [6.07, 6.45) is 2.75. The van der Waals surface area contributed by atoms with Gasteiger partial charge in [-0.3, -0.25) is 4.68 Å². The van der Waals surface area contributed by atoms with Gasteiger partial charge in [0.25, 0.3) is 0 Å². The third kappa shape index (κ3) is 3.74. The highest BCUT2D eigenvalue weighted by atomic mass is 32.2. The normalized spacial score (nSPS) is 17.7. The molecule has 0 saturated carbocycles. The largest absolute Gasteiger partial charge is 0.274 e. The summed E-state index contributed by atoms with van der Waals surface area (Å²) < 4.78 is 82.0. The van der Waals surface area contributed by atoms with Crippen LogP contribution < -0.4 is 0 Å². The average Bonchev–Trinajstić information content (AvgIpc) is 2.87. The lowest BCUT2D eigenvalue weighted by Gasteiger charge is -2.21. The van der Waals surface area contributed by atoms with E-state index in [9.17, 15) is 25.6 Å². The van der Waals surface area contributed by atoms with E-state index < -0.39 is 36.6 Å². The van der Waals surface area contributed by atoms with Crippen molar-refractivity contribution in [1.29, 1.82) is 0 Å². The molecule has 0 aliphatic carbocycles. The molecular weight excluding hydrogens is 402 g/mol. The van der Waals surface area contributed by atoms with E-state index >= 15 is 0 Å². The summed E-state index contributed by atoms with van der Waals surface area (Å²) in [7, 11) is -6.68. The summed E-state index contributed by atoms with van der Waals surface area (Å²) in [5.74, 6) is -2.36. The van der Waals surface area contributed by atoms with Crippen LogP contribution in [0.4, 0.5) is 8.78 Å². The number of rotatable bonds is 4. The molecule has 0 bridgehead atoms. The van der Waals surface area contributed by atoms with E-state index in [0.29, 0.717) is 0 Å². The molecule has 0 radical (unpaired) electrons. The van der Waals surface area contributed by atoms with Crippen molar-refractivity contribution in [3.63, 3.8) is 0 Å². The first kappa shape index (κ1) is 19.9. The Kier molecular flexibility index (Phi) is 5.34. The molecule has 1 aliphatic heterocycles. The lowest BCUT2D eigenvalue weighted by atomic mass is 10.3. The van der Waals surface area contributed by atoms with Crippen LogP contribution in [-0.4, -0.2) is 61.4 Å². The maximum absolute atomic E-state index is 13.9. The van der Waals surface area contributed by atoms with E-state index in [1.54, 1.807) is 7.05 Å². The van der Waals surface area contributed by atoms with Crippen LogP contribution in [0.15, 0.2) is 40.4 Å². The second-order valence-electron chi connectivity index (χ2n) is 6.06. The molecule has 0 atom stereocenters. The third-order valence-electron chi connectivity index (χ3n) is 4.25. The quantitative estimate of drug-likeness (QED) is 0.729. The summed E-state index contributed by atoms with van der Waals surface area (Å²) in [6, 6.07) is 2.81. The Hall–Kier alpha value is -1.89. The van der Waals surface area contributed by atoms with Gasteiger partial charge in [0.15, 0.2) is 4.90 Å². The number of benzene rings is 1. The van der Waals surface area contributed by atoms with Gasteiger partial charge in [0.1, 0.15) is 16.5 Å². The number of hydrogen-bond donors (Lipinski definition) is 0. The zero-order chi connectivity index (χ0) is 19.8. The molecule has 12 heteroatoms. The summed E-state index contributed by atoms with van der Waals surface area (Å²) in [6.45, 7) is -0.305. The standard InChI is InChI=1S/C15H18F2N4O4S2/c1-19-11-12(10-18-19)26(22,23)20-6-3-7-21(9-8-20)27(24,25)15-13(16)4-2-5-14(15)17/h2,4-5,10-11H,3,6-9H2,1H3. The van der Waals surface area contributed by atoms with Crippen LogP contribution in [0.1, 0.15) is 6.42 Å². The fraction of sp³-hybridized carbons (Fsp3) is 0.400. The van der Waals surface area contributed by atoms with Crippen LogP contribution in [-0.2, 0) is 27.1 Å². The van der Waals surface area contributed by atoms with Crippen molar-refractivity contribution < 1.29 is 25.6 Å². The monoisotopic (exact) mass is 420 g/mol. The van der Waals surface area contributed by atoms with Gasteiger partial charge >= 0.3 is 0 Å². The number of halogens is 2. The van der Waals surface area contributed by atoms with E-state index in [0.717, 1.165) is 26.8 Å². The van der Waals surface area contributed by atoms with Gasteiger partial charge in [-0.1, -0.05) is 6.07 Å². The van der Waals surface area contributed by atoms with Gasteiger partial charge in [-0.2, -0.15) is 13.7 Å². The maximum Gasteiger partial charge on any atom is 0.248 e. The molecule has 0 unspecified atom stereocenters. The number of aryl methyl sites for hydroxylation is 1. The van der Waals surface area contributed by atoms with Crippen LogP contribution in [0.3, 0.4) is 0 Å². The second kappa shape index (κ2) is 7.26. The minimum Gasteiger partial charge on any atom is -0.274 e. The first-order chi connectivity index (χ1) is 12.6. The Morgan fingerprint density at radius 2 is 1.48 bits per heavy atom. The van der Waals surface area contributed by atoms with Gasteiger partial charge in [-0.15, -0.1) is 0 Å². The molecular formula is C15H18F2N4O4S2. The summed E-state index contributed by atoms with van der Waals surface area (Å²) in [5.41, 5.74) is 0. The van der Waals surface area contributed by atoms with Crippen LogP contribution in [0, 0.1) is 11.6 Å². The predicted octanol–water partition coefficient (Wildman–Crippen LogP) is 0.784.